The first-order chi connectivity index (χ1) is 13.1. The van der Waals surface area contributed by atoms with Crippen LogP contribution < -0.4 is 16.0 Å². The molecule has 0 saturated heterocycles. The molecule has 3 N–H and O–H groups in total. The van der Waals surface area contributed by atoms with E-state index in [-0.39, 0.29) is 35.9 Å². The second kappa shape index (κ2) is 13.5. The van der Waals surface area contributed by atoms with Gasteiger partial charge in [0.15, 0.2) is 5.96 Å². The predicted octanol–water partition coefficient (Wildman–Crippen LogP) is 4.19. The maximum atomic E-state index is 12.1. The summed E-state index contributed by atoms with van der Waals surface area (Å²) in [6.07, 6.45) is 1.91. The van der Waals surface area contributed by atoms with Gasteiger partial charge in [0.25, 0.3) is 5.91 Å². The highest BCUT2D eigenvalue weighted by molar-refractivity contribution is 14.0. The molecule has 0 fully saturated rings. The van der Waals surface area contributed by atoms with Gasteiger partial charge < -0.3 is 16.0 Å². The summed E-state index contributed by atoms with van der Waals surface area (Å²) >= 11 is 1.77. The molecule has 0 spiro atoms. The molecule has 0 saturated carbocycles. The lowest BCUT2D eigenvalue weighted by Gasteiger charge is -2.12. The molecular weight excluding hydrogens is 483 g/mol. The van der Waals surface area contributed by atoms with Gasteiger partial charge in [-0.15, -0.1) is 35.3 Å². The number of amides is 1. The van der Waals surface area contributed by atoms with Crippen molar-refractivity contribution in [2.24, 2.45) is 4.99 Å². The van der Waals surface area contributed by atoms with Gasteiger partial charge >= 0.3 is 0 Å². The van der Waals surface area contributed by atoms with E-state index in [9.17, 15) is 4.79 Å². The van der Waals surface area contributed by atoms with Crippen molar-refractivity contribution in [3.05, 3.63) is 57.8 Å². The third-order valence-corrected chi connectivity index (χ3v) is 5.15. The largest absolute Gasteiger partial charge is 0.357 e. The first kappa shape index (κ1) is 24.4. The number of halogens is 1. The zero-order valence-electron chi connectivity index (χ0n) is 16.8. The minimum Gasteiger partial charge on any atom is -0.357 e. The summed E-state index contributed by atoms with van der Waals surface area (Å²) in [4.78, 5) is 18.1. The highest BCUT2D eigenvalue weighted by atomic mass is 127. The van der Waals surface area contributed by atoms with Crippen LogP contribution in [0.5, 0.6) is 0 Å². The molecule has 2 rings (SSSR count). The van der Waals surface area contributed by atoms with Crippen LogP contribution in [0.25, 0.3) is 0 Å². The molecule has 1 aromatic heterocycles. The Balaban J connectivity index is 0.00000392. The molecule has 1 amide bonds. The molecule has 28 heavy (non-hydrogen) atoms. The van der Waals surface area contributed by atoms with E-state index in [1.54, 1.807) is 11.3 Å². The van der Waals surface area contributed by atoms with Gasteiger partial charge in [0.05, 0.1) is 6.54 Å². The number of thiophene rings is 1. The third-order valence-electron chi connectivity index (χ3n) is 4.21. The van der Waals surface area contributed by atoms with Crippen LogP contribution in [0.4, 0.5) is 0 Å². The first-order valence-corrected chi connectivity index (χ1v) is 10.4. The molecule has 1 heterocycles. The Morgan fingerprint density at radius 1 is 1.14 bits per heavy atom. The molecule has 2 aromatic rings. The molecule has 0 aliphatic heterocycles. The number of nitrogens with one attached hydrogen (secondary N) is 3. The van der Waals surface area contributed by atoms with Gasteiger partial charge in [-0.25, -0.2) is 4.99 Å². The maximum absolute atomic E-state index is 12.1. The van der Waals surface area contributed by atoms with Gasteiger partial charge in [0.1, 0.15) is 0 Å². The van der Waals surface area contributed by atoms with Crippen LogP contribution in [0.1, 0.15) is 48.0 Å². The Bertz CT molecular complexity index is 717. The number of rotatable bonds is 9. The van der Waals surface area contributed by atoms with Crippen molar-refractivity contribution in [2.45, 2.75) is 46.2 Å². The maximum Gasteiger partial charge on any atom is 0.251 e. The van der Waals surface area contributed by atoms with Crippen LogP contribution in [-0.2, 0) is 13.0 Å². The number of benzene rings is 1. The van der Waals surface area contributed by atoms with Gasteiger partial charge in [-0.1, -0.05) is 25.1 Å². The SMILES string of the molecule is CCNC(=NCc1ccc(C(=O)NC(C)CC)cc1)NCCc1cccs1.I. The molecule has 5 nitrogen and oxygen atoms in total. The summed E-state index contributed by atoms with van der Waals surface area (Å²) < 4.78 is 0. The summed E-state index contributed by atoms with van der Waals surface area (Å²) in [6.45, 7) is 8.36. The van der Waals surface area contributed by atoms with Crippen LogP contribution in [0.3, 0.4) is 0 Å². The molecule has 7 heteroatoms. The average molecular weight is 514 g/mol. The lowest BCUT2D eigenvalue weighted by Crippen LogP contribution is -2.38. The van der Waals surface area contributed by atoms with Crippen LogP contribution >= 0.6 is 35.3 Å². The Kier molecular flexibility index (Phi) is 11.8. The molecule has 0 aliphatic rings. The van der Waals surface area contributed by atoms with Crippen molar-refractivity contribution in [3.63, 3.8) is 0 Å². The molecule has 1 atom stereocenters. The van der Waals surface area contributed by atoms with Gasteiger partial charge in [0, 0.05) is 29.6 Å². The topological polar surface area (TPSA) is 65.5 Å². The van der Waals surface area contributed by atoms with Gasteiger partial charge in [-0.3, -0.25) is 4.79 Å². The van der Waals surface area contributed by atoms with Gasteiger partial charge in [-0.05, 0) is 55.8 Å². The van der Waals surface area contributed by atoms with E-state index >= 15 is 0 Å². The van der Waals surface area contributed by atoms with E-state index in [1.807, 2.05) is 31.2 Å². The third kappa shape index (κ3) is 8.60. The molecule has 0 radical (unpaired) electrons. The van der Waals surface area contributed by atoms with E-state index in [0.29, 0.717) is 12.1 Å². The first-order valence-electron chi connectivity index (χ1n) is 9.56. The molecule has 1 unspecified atom stereocenters. The van der Waals surface area contributed by atoms with Crippen molar-refractivity contribution in [2.75, 3.05) is 13.1 Å². The smallest absolute Gasteiger partial charge is 0.251 e. The van der Waals surface area contributed by atoms with Crippen LogP contribution in [0.15, 0.2) is 46.8 Å². The molecule has 0 aliphatic carbocycles. The standard InChI is InChI=1S/C21H30N4OS.HI/c1-4-16(3)25-20(26)18-10-8-17(9-11-18)15-24-21(22-5-2)23-13-12-19-7-6-14-27-19;/h6-11,14,16H,4-5,12-13,15H2,1-3H3,(H,25,26)(H2,22,23,24);1H. The summed E-state index contributed by atoms with van der Waals surface area (Å²) in [5, 5.41) is 11.7. The number of carbonyl (C=O) groups is 1. The van der Waals surface area contributed by atoms with Crippen molar-refractivity contribution >= 4 is 47.2 Å². The highest BCUT2D eigenvalue weighted by Gasteiger charge is 2.08. The Labute approximate surface area is 189 Å². The number of guanidine groups is 1. The van der Waals surface area contributed by atoms with Crippen LogP contribution in [0.2, 0.25) is 0 Å². The van der Waals surface area contributed by atoms with E-state index in [4.69, 9.17) is 0 Å². The average Bonchev–Trinajstić information content (AvgIpc) is 3.19. The number of nitrogens with zero attached hydrogens (tertiary/aromatic N) is 1. The second-order valence-corrected chi connectivity index (χ2v) is 7.46. The quantitative estimate of drug-likeness (QED) is 0.267. The number of hydrogen-bond acceptors (Lipinski definition) is 3. The van der Waals surface area contributed by atoms with E-state index < -0.39 is 0 Å². The van der Waals surface area contributed by atoms with E-state index in [1.165, 1.54) is 4.88 Å². The fourth-order valence-corrected chi connectivity index (χ4v) is 3.15. The van der Waals surface area contributed by atoms with Crippen molar-refractivity contribution in [1.29, 1.82) is 0 Å². The number of carbonyl (C=O) groups excluding carboxylic acids is 1. The van der Waals surface area contributed by atoms with Crippen LogP contribution in [0, 0.1) is 0 Å². The zero-order chi connectivity index (χ0) is 19.5. The fraction of sp³-hybridized carbons (Fsp3) is 0.429. The lowest BCUT2D eigenvalue weighted by molar-refractivity contribution is 0.0939. The second-order valence-electron chi connectivity index (χ2n) is 6.43. The lowest BCUT2D eigenvalue weighted by atomic mass is 10.1. The molecule has 1 aromatic carbocycles. The normalized spacial score (nSPS) is 12.0. The zero-order valence-corrected chi connectivity index (χ0v) is 20.0. The van der Waals surface area contributed by atoms with Gasteiger partial charge in [-0.2, -0.15) is 0 Å². The minimum atomic E-state index is -0.0250. The molecular formula is C21H31IN4OS. The summed E-state index contributed by atoms with van der Waals surface area (Å²) in [6, 6.07) is 12.1. The van der Waals surface area contributed by atoms with E-state index in [0.717, 1.165) is 37.5 Å². The Hall–Kier alpha value is -1.61. The van der Waals surface area contributed by atoms with Crippen molar-refractivity contribution in [3.8, 4) is 0 Å². The highest BCUT2D eigenvalue weighted by Crippen LogP contribution is 2.08. The van der Waals surface area contributed by atoms with Crippen molar-refractivity contribution in [1.82, 2.24) is 16.0 Å². The number of hydrogen-bond donors (Lipinski definition) is 3. The monoisotopic (exact) mass is 514 g/mol. The summed E-state index contributed by atoms with van der Waals surface area (Å²) in [7, 11) is 0. The van der Waals surface area contributed by atoms with Crippen LogP contribution in [-0.4, -0.2) is 31.0 Å². The summed E-state index contributed by atoms with van der Waals surface area (Å²) in [5.74, 6) is 0.788. The molecule has 154 valence electrons. The number of aliphatic imine (C=N–C) groups is 1. The minimum absolute atomic E-state index is 0. The molecule has 0 bridgehead atoms. The van der Waals surface area contributed by atoms with Gasteiger partial charge in [0.2, 0.25) is 0 Å². The van der Waals surface area contributed by atoms with E-state index in [2.05, 4.69) is 52.3 Å². The summed E-state index contributed by atoms with van der Waals surface area (Å²) in [5.41, 5.74) is 1.76. The predicted molar refractivity (Wildman–Crippen MR) is 130 cm³/mol. The van der Waals surface area contributed by atoms with Crippen molar-refractivity contribution < 1.29 is 4.79 Å². The fourth-order valence-electron chi connectivity index (χ4n) is 2.44. The Morgan fingerprint density at radius 3 is 2.50 bits per heavy atom. The Morgan fingerprint density at radius 2 is 1.89 bits per heavy atom.